The van der Waals surface area contributed by atoms with Crippen molar-refractivity contribution in [2.24, 2.45) is 0 Å². The molecule has 2 N–H and O–H groups in total. The van der Waals surface area contributed by atoms with Crippen LogP contribution < -0.4 is 15.6 Å². The Balaban J connectivity index is 1.77. The van der Waals surface area contributed by atoms with Crippen molar-refractivity contribution in [1.29, 1.82) is 0 Å². The summed E-state index contributed by atoms with van der Waals surface area (Å²) in [6, 6.07) is 12.1. The van der Waals surface area contributed by atoms with Crippen molar-refractivity contribution in [3.63, 3.8) is 0 Å². The fourth-order valence-corrected chi connectivity index (χ4v) is 2.65. The number of carbonyl (C=O) groups is 2. The van der Waals surface area contributed by atoms with Gasteiger partial charge in [-0.1, -0.05) is 57.3 Å². The number of hydrogen-bond acceptors (Lipinski definition) is 3. The molecule has 0 unspecified atom stereocenters. The van der Waals surface area contributed by atoms with Crippen molar-refractivity contribution in [2.75, 3.05) is 6.61 Å². The molecule has 0 aliphatic heterocycles. The maximum absolute atomic E-state index is 11.7. The lowest BCUT2D eigenvalue weighted by Crippen LogP contribution is -2.43. The third-order valence-corrected chi connectivity index (χ3v) is 4.03. The molecule has 2 rings (SSSR count). The van der Waals surface area contributed by atoms with Crippen LogP contribution in [0.3, 0.4) is 0 Å². The highest BCUT2D eigenvalue weighted by molar-refractivity contribution is 9.10. The van der Waals surface area contributed by atoms with Gasteiger partial charge in [-0.15, -0.1) is 0 Å². The minimum absolute atomic E-state index is 0.296. The Morgan fingerprint density at radius 1 is 1.08 bits per heavy atom. The van der Waals surface area contributed by atoms with Gasteiger partial charge in [-0.2, -0.15) is 0 Å². The van der Waals surface area contributed by atoms with Gasteiger partial charge in [0.25, 0.3) is 11.8 Å². The van der Waals surface area contributed by atoms with Crippen molar-refractivity contribution >= 4 is 57.0 Å². The van der Waals surface area contributed by atoms with Crippen molar-refractivity contribution < 1.29 is 14.3 Å². The number of amides is 2. The summed E-state index contributed by atoms with van der Waals surface area (Å²) in [7, 11) is 0. The molecule has 0 aliphatic rings. The SMILES string of the molecule is O=C(/C=C/c1ccccc1Cl)NNC(=O)COc1ccc(Br)cc1Cl. The standard InChI is InChI=1S/C17H13BrCl2N2O3/c18-12-6-7-15(14(20)9-12)25-10-17(24)22-21-16(23)8-5-11-3-1-2-4-13(11)19/h1-9H,10H2,(H,21,23)(H,22,24)/b8-5+. The molecule has 0 saturated carbocycles. The molecule has 0 heterocycles. The van der Waals surface area contributed by atoms with Crippen LogP contribution in [-0.2, 0) is 9.59 Å². The van der Waals surface area contributed by atoms with E-state index in [1.54, 1.807) is 48.5 Å². The van der Waals surface area contributed by atoms with Crippen LogP contribution in [0.2, 0.25) is 10.0 Å². The molecule has 2 amide bonds. The zero-order valence-electron chi connectivity index (χ0n) is 12.8. The van der Waals surface area contributed by atoms with Crippen LogP contribution in [0.25, 0.3) is 6.08 Å². The van der Waals surface area contributed by atoms with Crippen LogP contribution >= 0.6 is 39.1 Å². The summed E-state index contributed by atoms with van der Waals surface area (Å²) in [5.41, 5.74) is 5.17. The molecular weight excluding hydrogens is 431 g/mol. The van der Waals surface area contributed by atoms with Crippen molar-refractivity contribution in [1.82, 2.24) is 10.9 Å². The summed E-state index contributed by atoms with van der Waals surface area (Å²) < 4.78 is 6.08. The van der Waals surface area contributed by atoms with E-state index >= 15 is 0 Å². The molecule has 0 bridgehead atoms. The molecule has 0 spiro atoms. The molecule has 0 fully saturated rings. The molecule has 0 atom stereocenters. The Morgan fingerprint density at radius 2 is 1.84 bits per heavy atom. The zero-order chi connectivity index (χ0) is 18.2. The Labute approximate surface area is 163 Å². The molecule has 0 aromatic heterocycles. The third-order valence-electron chi connectivity index (χ3n) is 2.90. The topological polar surface area (TPSA) is 67.4 Å². The second-order valence-corrected chi connectivity index (χ2v) is 6.49. The fourth-order valence-electron chi connectivity index (χ4n) is 1.72. The summed E-state index contributed by atoms with van der Waals surface area (Å²) >= 11 is 15.2. The highest BCUT2D eigenvalue weighted by Gasteiger charge is 2.07. The van der Waals surface area contributed by atoms with Gasteiger partial charge in [0.15, 0.2) is 6.61 Å². The van der Waals surface area contributed by atoms with Gasteiger partial charge in [0.05, 0.1) is 5.02 Å². The summed E-state index contributed by atoms with van der Waals surface area (Å²) in [6.07, 6.45) is 2.80. The molecule has 0 radical (unpaired) electrons. The van der Waals surface area contributed by atoms with Gasteiger partial charge in [-0.3, -0.25) is 20.4 Å². The average molecular weight is 444 g/mol. The first-order valence-corrected chi connectivity index (χ1v) is 8.60. The van der Waals surface area contributed by atoms with E-state index in [0.717, 1.165) is 4.47 Å². The van der Waals surface area contributed by atoms with E-state index in [-0.39, 0.29) is 6.61 Å². The van der Waals surface area contributed by atoms with E-state index in [0.29, 0.717) is 21.4 Å². The summed E-state index contributed by atoms with van der Waals surface area (Å²) in [5.74, 6) is -0.668. The number of hydrazine groups is 1. The number of benzene rings is 2. The largest absolute Gasteiger partial charge is 0.482 e. The number of carbonyl (C=O) groups excluding carboxylic acids is 2. The fraction of sp³-hybridized carbons (Fsp3) is 0.0588. The molecular formula is C17H13BrCl2N2O3. The number of halogens is 3. The summed E-state index contributed by atoms with van der Waals surface area (Å²) in [5, 5.41) is 0.893. The number of nitrogens with one attached hydrogen (secondary N) is 2. The predicted octanol–water partition coefficient (Wildman–Crippen LogP) is 4.00. The van der Waals surface area contributed by atoms with E-state index in [1.165, 1.54) is 6.08 Å². The Bertz CT molecular complexity index is 812. The lowest BCUT2D eigenvalue weighted by Gasteiger charge is -2.09. The first-order chi connectivity index (χ1) is 12.0. The van der Waals surface area contributed by atoms with Crippen molar-refractivity contribution in [3.05, 3.63) is 68.6 Å². The number of hydrogen-bond donors (Lipinski definition) is 2. The normalized spacial score (nSPS) is 10.5. The van der Waals surface area contributed by atoms with E-state index in [4.69, 9.17) is 27.9 Å². The van der Waals surface area contributed by atoms with E-state index in [2.05, 4.69) is 26.8 Å². The van der Waals surface area contributed by atoms with Crippen LogP contribution in [0.15, 0.2) is 53.0 Å². The Hall–Kier alpha value is -2.02. The molecule has 0 aliphatic carbocycles. The van der Waals surface area contributed by atoms with Gasteiger partial charge in [-0.25, -0.2) is 0 Å². The van der Waals surface area contributed by atoms with E-state index in [1.807, 2.05) is 0 Å². The van der Waals surface area contributed by atoms with Crippen LogP contribution in [0.4, 0.5) is 0 Å². The first-order valence-electron chi connectivity index (χ1n) is 7.05. The zero-order valence-corrected chi connectivity index (χ0v) is 15.9. The quantitative estimate of drug-likeness (QED) is 0.542. The highest BCUT2D eigenvalue weighted by atomic mass is 79.9. The van der Waals surface area contributed by atoms with Gasteiger partial charge in [-0.05, 0) is 35.9 Å². The van der Waals surface area contributed by atoms with Gasteiger partial charge in [0, 0.05) is 15.6 Å². The molecule has 2 aromatic carbocycles. The maximum Gasteiger partial charge on any atom is 0.276 e. The molecule has 0 saturated heterocycles. The van der Waals surface area contributed by atoms with Crippen molar-refractivity contribution in [3.8, 4) is 5.75 Å². The predicted molar refractivity (Wildman–Crippen MR) is 101 cm³/mol. The lowest BCUT2D eigenvalue weighted by molar-refractivity contribution is -0.128. The van der Waals surface area contributed by atoms with Crippen LogP contribution in [0, 0.1) is 0 Å². The number of ether oxygens (including phenoxy) is 1. The summed E-state index contributed by atoms with van der Waals surface area (Å²) in [6.45, 7) is -0.296. The molecule has 25 heavy (non-hydrogen) atoms. The third kappa shape index (κ3) is 6.42. The summed E-state index contributed by atoms with van der Waals surface area (Å²) in [4.78, 5) is 23.4. The monoisotopic (exact) mass is 442 g/mol. The Kier molecular flexibility index (Phi) is 7.31. The lowest BCUT2D eigenvalue weighted by atomic mass is 10.2. The van der Waals surface area contributed by atoms with Crippen LogP contribution in [0.1, 0.15) is 5.56 Å². The average Bonchev–Trinajstić information content (AvgIpc) is 2.58. The number of rotatable bonds is 5. The first kappa shape index (κ1) is 19.3. The molecule has 2 aromatic rings. The smallest absolute Gasteiger partial charge is 0.276 e. The van der Waals surface area contributed by atoms with E-state index < -0.39 is 11.8 Å². The molecule has 8 heteroatoms. The van der Waals surface area contributed by atoms with Gasteiger partial charge < -0.3 is 4.74 Å². The minimum atomic E-state index is -0.529. The molecule has 130 valence electrons. The second kappa shape index (κ2) is 9.46. The van der Waals surface area contributed by atoms with Gasteiger partial charge >= 0.3 is 0 Å². The maximum atomic E-state index is 11.7. The second-order valence-electron chi connectivity index (χ2n) is 4.76. The Morgan fingerprint density at radius 3 is 2.56 bits per heavy atom. The minimum Gasteiger partial charge on any atom is -0.482 e. The van der Waals surface area contributed by atoms with Crippen LogP contribution in [-0.4, -0.2) is 18.4 Å². The van der Waals surface area contributed by atoms with Gasteiger partial charge in [0.1, 0.15) is 5.75 Å². The van der Waals surface area contributed by atoms with Crippen molar-refractivity contribution in [2.45, 2.75) is 0 Å². The highest BCUT2D eigenvalue weighted by Crippen LogP contribution is 2.27. The van der Waals surface area contributed by atoms with Gasteiger partial charge in [0.2, 0.25) is 0 Å². The molecule has 5 nitrogen and oxygen atoms in total. The van der Waals surface area contributed by atoms with Crippen LogP contribution in [0.5, 0.6) is 5.75 Å². The van der Waals surface area contributed by atoms with E-state index in [9.17, 15) is 9.59 Å².